The minimum Gasteiger partial charge on any atom is -0.505 e. The smallest absolute Gasteiger partial charge is 0.261 e. The van der Waals surface area contributed by atoms with Gasteiger partial charge in [-0.2, -0.15) is 0 Å². The van der Waals surface area contributed by atoms with Crippen molar-refractivity contribution in [1.29, 1.82) is 5.41 Å². The number of amides is 1. The van der Waals surface area contributed by atoms with Gasteiger partial charge in [0.1, 0.15) is 27.9 Å². The number of benzene rings is 1. The van der Waals surface area contributed by atoms with Gasteiger partial charge in [0.25, 0.3) is 5.91 Å². The summed E-state index contributed by atoms with van der Waals surface area (Å²) >= 11 is 6.07. The normalized spacial score (nSPS) is 13.9. The standard InChI is InChI=1S/C24H20ClFN6O3/c25-20-18(9-10-29-23(20)28)35-19-8-7-16(11-31-19)32-24(34)17(12-30-15-5-6-15)22(33)21(27)13-1-3-14(26)4-2-13/h1-4,7-12,15,27,33H,5-6H2,(H2,28,29)(H,32,34). The lowest BCUT2D eigenvalue weighted by Gasteiger charge is -2.11. The van der Waals surface area contributed by atoms with E-state index in [0.717, 1.165) is 25.0 Å². The number of allylic oxidation sites excluding steroid dienone is 1. The zero-order chi connectivity index (χ0) is 24.9. The van der Waals surface area contributed by atoms with Crippen molar-refractivity contribution in [2.75, 3.05) is 11.1 Å². The molecular formula is C24H20ClFN6O3. The number of halogens is 2. The number of aliphatic hydroxyl groups is 1. The number of aromatic nitrogens is 2. The maximum Gasteiger partial charge on any atom is 0.261 e. The minimum atomic E-state index is -0.695. The quantitative estimate of drug-likeness (QED) is 0.203. The molecule has 0 atom stereocenters. The number of nitrogens with one attached hydrogen (secondary N) is 2. The van der Waals surface area contributed by atoms with Crippen LogP contribution in [-0.4, -0.2) is 38.9 Å². The summed E-state index contributed by atoms with van der Waals surface area (Å²) in [6.07, 6.45) is 5.82. The third-order valence-corrected chi connectivity index (χ3v) is 5.30. The second-order valence-electron chi connectivity index (χ2n) is 7.60. The zero-order valence-corrected chi connectivity index (χ0v) is 19.0. The Labute approximate surface area is 204 Å². The van der Waals surface area contributed by atoms with Gasteiger partial charge in [-0.25, -0.2) is 14.4 Å². The van der Waals surface area contributed by atoms with Gasteiger partial charge in [0.15, 0.2) is 11.5 Å². The fourth-order valence-corrected chi connectivity index (χ4v) is 3.02. The van der Waals surface area contributed by atoms with Crippen LogP contribution in [0.2, 0.25) is 5.02 Å². The van der Waals surface area contributed by atoms with Crippen molar-refractivity contribution in [3.8, 4) is 11.6 Å². The van der Waals surface area contributed by atoms with Crippen molar-refractivity contribution in [1.82, 2.24) is 9.97 Å². The molecular weight excluding hydrogens is 475 g/mol. The van der Waals surface area contributed by atoms with E-state index in [1.807, 2.05) is 0 Å². The first kappa shape index (κ1) is 23.8. The molecule has 35 heavy (non-hydrogen) atoms. The molecule has 11 heteroatoms. The second kappa shape index (κ2) is 10.3. The molecule has 1 amide bonds. The Hall–Kier alpha value is -4.31. The highest BCUT2D eigenvalue weighted by atomic mass is 35.5. The van der Waals surface area contributed by atoms with E-state index in [4.69, 9.17) is 27.5 Å². The van der Waals surface area contributed by atoms with Gasteiger partial charge in [-0.05, 0) is 43.2 Å². The molecule has 0 saturated heterocycles. The molecule has 0 bridgehead atoms. The number of nitrogens with zero attached hydrogens (tertiary/aromatic N) is 3. The molecule has 9 nitrogen and oxygen atoms in total. The number of anilines is 2. The Balaban J connectivity index is 1.52. The molecule has 4 rings (SSSR count). The van der Waals surface area contributed by atoms with E-state index in [1.165, 1.54) is 48.9 Å². The Kier molecular flexibility index (Phi) is 7.02. The van der Waals surface area contributed by atoms with E-state index in [9.17, 15) is 14.3 Å². The number of nitrogens with two attached hydrogens (primary N) is 1. The molecule has 1 saturated carbocycles. The highest BCUT2D eigenvalue weighted by Crippen LogP contribution is 2.31. The first-order chi connectivity index (χ1) is 16.8. The van der Waals surface area contributed by atoms with Gasteiger partial charge in [0.2, 0.25) is 5.88 Å². The van der Waals surface area contributed by atoms with Gasteiger partial charge in [-0.15, -0.1) is 0 Å². The van der Waals surface area contributed by atoms with Gasteiger partial charge in [-0.1, -0.05) is 11.6 Å². The number of hydrogen-bond acceptors (Lipinski definition) is 8. The maximum absolute atomic E-state index is 13.2. The molecule has 3 aromatic rings. The Bertz CT molecular complexity index is 1320. The Morgan fingerprint density at radius 3 is 2.63 bits per heavy atom. The predicted octanol–water partition coefficient (Wildman–Crippen LogP) is 4.70. The highest BCUT2D eigenvalue weighted by Gasteiger charge is 2.23. The van der Waals surface area contributed by atoms with Gasteiger partial charge in [0.05, 0.1) is 17.9 Å². The lowest BCUT2D eigenvalue weighted by molar-refractivity contribution is -0.112. The van der Waals surface area contributed by atoms with Gasteiger partial charge < -0.3 is 20.9 Å². The van der Waals surface area contributed by atoms with E-state index < -0.39 is 17.5 Å². The average Bonchev–Trinajstić information content (AvgIpc) is 3.68. The van der Waals surface area contributed by atoms with Crippen molar-refractivity contribution < 1.29 is 19.0 Å². The summed E-state index contributed by atoms with van der Waals surface area (Å²) in [7, 11) is 0. The number of rotatable bonds is 8. The molecule has 1 aliphatic rings. The predicted molar refractivity (Wildman–Crippen MR) is 131 cm³/mol. The van der Waals surface area contributed by atoms with E-state index in [0.29, 0.717) is 5.69 Å². The molecule has 1 aliphatic carbocycles. The highest BCUT2D eigenvalue weighted by molar-refractivity contribution is 6.34. The summed E-state index contributed by atoms with van der Waals surface area (Å²) in [6, 6.07) is 9.67. The van der Waals surface area contributed by atoms with Gasteiger partial charge in [0, 0.05) is 30.1 Å². The molecule has 1 fully saturated rings. The fraction of sp³-hybridized carbons (Fsp3) is 0.125. The van der Waals surface area contributed by atoms with Crippen molar-refractivity contribution in [2.45, 2.75) is 18.9 Å². The van der Waals surface area contributed by atoms with E-state index in [-0.39, 0.29) is 45.4 Å². The number of hydrogen-bond donors (Lipinski definition) is 4. The SMILES string of the molecule is N=C(C(O)=C(C=NC1CC1)C(=O)Nc1ccc(Oc2ccnc(N)c2Cl)nc1)c1ccc(F)cc1. The molecule has 5 N–H and O–H groups in total. The van der Waals surface area contributed by atoms with Crippen LogP contribution in [0.4, 0.5) is 15.9 Å². The Morgan fingerprint density at radius 1 is 1.23 bits per heavy atom. The molecule has 0 radical (unpaired) electrons. The second-order valence-corrected chi connectivity index (χ2v) is 7.98. The molecule has 2 aromatic heterocycles. The van der Waals surface area contributed by atoms with Crippen LogP contribution in [0.15, 0.2) is 71.2 Å². The van der Waals surface area contributed by atoms with Crippen LogP contribution in [0.25, 0.3) is 0 Å². The molecule has 0 unspecified atom stereocenters. The number of ether oxygens (including phenoxy) is 1. The van der Waals surface area contributed by atoms with E-state index in [2.05, 4.69) is 20.3 Å². The summed E-state index contributed by atoms with van der Waals surface area (Å²) in [5.74, 6) is -1.17. The number of aliphatic imine (C=N–C) groups is 1. The zero-order valence-electron chi connectivity index (χ0n) is 18.2. The average molecular weight is 495 g/mol. The monoisotopic (exact) mass is 494 g/mol. The number of carbonyl (C=O) groups is 1. The minimum absolute atomic E-state index is 0.0813. The molecule has 1 aromatic carbocycles. The van der Waals surface area contributed by atoms with Crippen molar-refractivity contribution in [3.63, 3.8) is 0 Å². The molecule has 178 valence electrons. The summed E-state index contributed by atoms with van der Waals surface area (Å²) in [5, 5.41) is 21.7. The van der Waals surface area contributed by atoms with Gasteiger partial charge in [-0.3, -0.25) is 15.2 Å². The van der Waals surface area contributed by atoms with Crippen LogP contribution in [0.1, 0.15) is 18.4 Å². The summed E-state index contributed by atoms with van der Waals surface area (Å²) in [5.41, 5.74) is 5.67. The van der Waals surface area contributed by atoms with Crippen LogP contribution < -0.4 is 15.8 Å². The van der Waals surface area contributed by atoms with E-state index in [1.54, 1.807) is 0 Å². The lowest BCUT2D eigenvalue weighted by Crippen LogP contribution is -2.20. The van der Waals surface area contributed by atoms with Crippen LogP contribution in [0.3, 0.4) is 0 Å². The molecule has 0 aliphatic heterocycles. The molecule has 2 heterocycles. The maximum atomic E-state index is 13.2. The number of aliphatic hydroxyl groups excluding tert-OH is 1. The van der Waals surface area contributed by atoms with E-state index >= 15 is 0 Å². The molecule has 0 spiro atoms. The fourth-order valence-electron chi connectivity index (χ4n) is 2.86. The first-order valence-corrected chi connectivity index (χ1v) is 10.9. The lowest BCUT2D eigenvalue weighted by atomic mass is 10.0. The van der Waals surface area contributed by atoms with Crippen molar-refractivity contribution in [2.24, 2.45) is 4.99 Å². The third kappa shape index (κ3) is 5.98. The van der Waals surface area contributed by atoms with Crippen LogP contribution >= 0.6 is 11.6 Å². The van der Waals surface area contributed by atoms with Crippen molar-refractivity contribution in [3.05, 3.63) is 82.6 Å². The Morgan fingerprint density at radius 2 is 1.97 bits per heavy atom. The third-order valence-electron chi connectivity index (χ3n) is 4.92. The number of nitrogen functional groups attached to an aromatic ring is 1. The number of pyridine rings is 2. The van der Waals surface area contributed by atoms with Crippen molar-refractivity contribution >= 4 is 40.9 Å². The van der Waals surface area contributed by atoms with Crippen LogP contribution in [0, 0.1) is 11.2 Å². The topological polar surface area (TPSA) is 147 Å². The van der Waals surface area contributed by atoms with Gasteiger partial charge >= 0.3 is 0 Å². The number of carbonyl (C=O) groups excluding carboxylic acids is 1. The summed E-state index contributed by atoms with van der Waals surface area (Å²) < 4.78 is 18.8. The summed E-state index contributed by atoms with van der Waals surface area (Å²) in [4.78, 5) is 25.2. The van der Waals surface area contributed by atoms with Crippen LogP contribution in [0.5, 0.6) is 11.6 Å². The largest absolute Gasteiger partial charge is 0.505 e. The van der Waals surface area contributed by atoms with Crippen LogP contribution in [-0.2, 0) is 4.79 Å². The summed E-state index contributed by atoms with van der Waals surface area (Å²) in [6.45, 7) is 0. The first-order valence-electron chi connectivity index (χ1n) is 10.5.